The first kappa shape index (κ1) is 39.3. The van der Waals surface area contributed by atoms with Crippen molar-refractivity contribution in [1.29, 1.82) is 0 Å². The first-order valence-electron chi connectivity index (χ1n) is 11.5. The number of carbonyl (C=O) groups is 1. The number of phenolic OH excluding ortho intramolecular Hbond substituents is 1. The number of benzene rings is 4. The summed E-state index contributed by atoms with van der Waals surface area (Å²) in [5, 5.41) is 35.3. The fourth-order valence-electron chi connectivity index (χ4n) is 3.90. The van der Waals surface area contributed by atoms with E-state index in [1.807, 2.05) is 0 Å². The van der Waals surface area contributed by atoms with Gasteiger partial charge in [0, 0.05) is 22.4 Å². The summed E-state index contributed by atoms with van der Waals surface area (Å²) in [4.78, 5) is 12.3. The van der Waals surface area contributed by atoms with Gasteiger partial charge in [-0.25, -0.2) is 8.42 Å². The van der Waals surface area contributed by atoms with Crippen LogP contribution in [0.2, 0.25) is 10.0 Å². The van der Waals surface area contributed by atoms with Crippen LogP contribution in [0.15, 0.2) is 68.6 Å². The smallest absolute Gasteiger partial charge is 0.744 e. The SMILES string of the molecule is COc1cc(N=Nc2c(S(=O)(=O)[O-])cc3cc(SOO[O-])cc(NC(=O)c4cccc(Cl)c4Cl)c3c2O)c(OC)cc1N.[Na+].[Na+]. The molecule has 4 rings (SSSR count). The Bertz CT molecular complexity index is 1890. The number of phenols is 1. The molecule has 0 aliphatic carbocycles. The summed E-state index contributed by atoms with van der Waals surface area (Å²) in [6.07, 6.45) is 0. The summed E-state index contributed by atoms with van der Waals surface area (Å²) >= 11 is 12.6. The third kappa shape index (κ3) is 8.94. The van der Waals surface area contributed by atoms with Gasteiger partial charge in [0.15, 0.2) is 5.75 Å². The van der Waals surface area contributed by atoms with Crippen molar-refractivity contribution in [3.63, 3.8) is 0 Å². The number of hydrogen-bond donors (Lipinski definition) is 3. The Morgan fingerprint density at radius 3 is 2.36 bits per heavy atom. The molecule has 4 aromatic carbocycles. The van der Waals surface area contributed by atoms with Gasteiger partial charge >= 0.3 is 59.1 Å². The van der Waals surface area contributed by atoms with Gasteiger partial charge in [0.05, 0.1) is 58.1 Å². The Morgan fingerprint density at radius 2 is 1.73 bits per heavy atom. The normalized spacial score (nSPS) is 11.2. The van der Waals surface area contributed by atoms with E-state index in [2.05, 4.69) is 24.9 Å². The Morgan fingerprint density at radius 1 is 1.04 bits per heavy atom. The molecule has 0 radical (unpaired) electrons. The summed E-state index contributed by atoms with van der Waals surface area (Å²) in [5.41, 5.74) is 5.17. The fourth-order valence-corrected chi connectivity index (χ4v) is 5.38. The number of hydrogen-bond acceptors (Lipinski definition) is 14. The average Bonchev–Trinajstić information content (AvgIpc) is 2.96. The van der Waals surface area contributed by atoms with Gasteiger partial charge in [-0.15, -0.1) is 10.2 Å². The van der Waals surface area contributed by atoms with Crippen molar-refractivity contribution in [1.82, 2.24) is 0 Å². The predicted molar refractivity (Wildman–Crippen MR) is 154 cm³/mol. The Kier molecular flexibility index (Phi) is 14.7. The second kappa shape index (κ2) is 16.8. The molecule has 4 aromatic rings. The molecular weight excluding hydrogens is 697 g/mol. The van der Waals surface area contributed by atoms with Crippen molar-refractivity contribution in [2.45, 2.75) is 9.79 Å². The topological polar surface area (TPSA) is 217 Å². The van der Waals surface area contributed by atoms with Crippen molar-refractivity contribution in [3.05, 3.63) is 64.1 Å². The standard InChI is InChI=1S/C25H20Cl2N4O10S2.2Na/c1-38-18-10-16(19(39-2)9-15(18)28)30-31-23-20(43(35,36)37)7-11-6-12(42-41-40-34)8-17(21(11)24(23)32)29-25(33)13-4-3-5-14(26)22(13)27;;/h3-10,32,34H,28H2,1-2H3,(H,29,33)(H,35,36,37);;/q;2*+1/p-2. The number of methoxy groups -OCH3 is 2. The van der Waals surface area contributed by atoms with Gasteiger partial charge in [-0.05, 0) is 35.7 Å². The molecule has 0 aliphatic heterocycles. The molecule has 0 saturated carbocycles. The van der Waals surface area contributed by atoms with Crippen LogP contribution in [0.25, 0.3) is 10.8 Å². The zero-order chi connectivity index (χ0) is 31.5. The number of nitrogens with one attached hydrogen (secondary N) is 1. The molecule has 0 unspecified atom stereocenters. The van der Waals surface area contributed by atoms with Crippen LogP contribution in [-0.4, -0.2) is 38.2 Å². The minimum atomic E-state index is -5.28. The summed E-state index contributed by atoms with van der Waals surface area (Å²) in [5.74, 6) is -1.32. The third-order valence-corrected chi connectivity index (χ3v) is 8.00. The molecule has 0 aliphatic rings. The molecule has 0 atom stereocenters. The molecule has 0 heterocycles. The van der Waals surface area contributed by atoms with E-state index in [9.17, 15) is 28.1 Å². The fraction of sp³-hybridized carbons (Fsp3) is 0.0800. The van der Waals surface area contributed by atoms with Gasteiger partial charge in [-0.1, -0.05) is 29.3 Å². The van der Waals surface area contributed by atoms with E-state index in [0.29, 0.717) is 12.0 Å². The number of ether oxygens (including phenoxy) is 2. The molecule has 0 bridgehead atoms. The van der Waals surface area contributed by atoms with Crippen LogP contribution in [0.3, 0.4) is 0 Å². The summed E-state index contributed by atoms with van der Waals surface area (Å²) in [7, 11) is -2.61. The van der Waals surface area contributed by atoms with Crippen molar-refractivity contribution < 1.29 is 106 Å². The van der Waals surface area contributed by atoms with E-state index < -0.39 is 32.4 Å². The molecule has 0 saturated heterocycles. The number of halogens is 2. The van der Waals surface area contributed by atoms with Crippen LogP contribution in [0.1, 0.15) is 10.4 Å². The van der Waals surface area contributed by atoms with Crippen molar-refractivity contribution in [3.8, 4) is 17.2 Å². The zero-order valence-electron chi connectivity index (χ0n) is 23.8. The first-order chi connectivity index (χ1) is 20.4. The molecule has 20 heteroatoms. The van der Waals surface area contributed by atoms with Crippen LogP contribution in [0, 0.1) is 0 Å². The molecule has 0 spiro atoms. The molecule has 45 heavy (non-hydrogen) atoms. The second-order valence-corrected chi connectivity index (χ2v) is 11.2. The van der Waals surface area contributed by atoms with E-state index in [0.717, 1.165) is 6.07 Å². The third-order valence-electron chi connectivity index (χ3n) is 5.78. The quantitative estimate of drug-likeness (QED) is 0.0352. The van der Waals surface area contributed by atoms with Crippen molar-refractivity contribution in [2.75, 3.05) is 25.3 Å². The summed E-state index contributed by atoms with van der Waals surface area (Å²) in [6, 6.07) is 10.5. The molecule has 14 nitrogen and oxygen atoms in total. The Hall–Kier alpha value is -1.87. The monoisotopic (exact) mass is 714 g/mol. The first-order valence-corrected chi connectivity index (χ1v) is 14.4. The van der Waals surface area contributed by atoms with Gasteiger partial charge < -0.3 is 35.4 Å². The molecule has 1 amide bonds. The van der Waals surface area contributed by atoms with Crippen LogP contribution in [0.5, 0.6) is 17.2 Å². The van der Waals surface area contributed by atoms with E-state index >= 15 is 0 Å². The van der Waals surface area contributed by atoms with E-state index in [1.165, 1.54) is 56.7 Å². The van der Waals surface area contributed by atoms with Crippen LogP contribution in [-0.2, 0) is 19.5 Å². The molecule has 226 valence electrons. The van der Waals surface area contributed by atoms with Crippen molar-refractivity contribution >= 4 is 84.8 Å². The van der Waals surface area contributed by atoms with E-state index in [4.69, 9.17) is 38.4 Å². The number of nitrogens with zero attached hydrogens (tertiary/aromatic N) is 2. The largest absolute Gasteiger partial charge is 1.00 e. The number of amides is 1. The molecular formula is C25H18Cl2N4Na2O10S2. The van der Waals surface area contributed by atoms with E-state index in [-0.39, 0.29) is 119 Å². The molecule has 0 aromatic heterocycles. The number of nitrogen functional groups attached to an aromatic ring is 1. The van der Waals surface area contributed by atoms with Crippen LogP contribution >= 0.6 is 35.2 Å². The number of nitrogens with two attached hydrogens (primary N) is 1. The maximum Gasteiger partial charge on any atom is 1.00 e. The Labute approximate surface area is 314 Å². The number of azo groups is 1. The Balaban J connectivity index is 0.00000353. The van der Waals surface area contributed by atoms with Gasteiger partial charge in [-0.3, -0.25) is 9.83 Å². The van der Waals surface area contributed by atoms with Gasteiger partial charge in [0.25, 0.3) is 5.91 Å². The minimum Gasteiger partial charge on any atom is -0.744 e. The summed E-state index contributed by atoms with van der Waals surface area (Å²) in [6.45, 7) is 0. The minimum absolute atomic E-state index is 0. The maximum atomic E-state index is 13.2. The summed E-state index contributed by atoms with van der Waals surface area (Å²) < 4.78 is 51.6. The number of aromatic hydroxyl groups is 1. The van der Waals surface area contributed by atoms with Gasteiger partial charge in [-0.2, -0.15) is 4.33 Å². The number of anilines is 2. The van der Waals surface area contributed by atoms with Gasteiger partial charge in [0.1, 0.15) is 33.0 Å². The van der Waals surface area contributed by atoms with Crippen LogP contribution < -0.4 is 84.9 Å². The predicted octanol–water partition coefficient (Wildman–Crippen LogP) is -0.738. The molecule has 0 fully saturated rings. The number of fused-ring (bicyclic) bond motifs is 1. The maximum absolute atomic E-state index is 13.2. The van der Waals surface area contributed by atoms with Gasteiger partial charge in [0.2, 0.25) is 0 Å². The van der Waals surface area contributed by atoms with Crippen LogP contribution in [0.4, 0.5) is 22.7 Å². The zero-order valence-corrected chi connectivity index (χ0v) is 30.9. The molecule has 4 N–H and O–H groups in total. The van der Waals surface area contributed by atoms with E-state index in [1.54, 1.807) is 0 Å². The second-order valence-electron chi connectivity index (χ2n) is 8.34. The number of carbonyl (C=O) groups excluding carboxylic acids is 1. The average molecular weight is 715 g/mol. The number of rotatable bonds is 10. The van der Waals surface area contributed by atoms with Crippen molar-refractivity contribution in [2.24, 2.45) is 10.2 Å².